The summed E-state index contributed by atoms with van der Waals surface area (Å²) in [5, 5.41) is 13.2. The highest BCUT2D eigenvalue weighted by Crippen LogP contribution is 2.63. The maximum Gasteiger partial charge on any atom is 0.335 e. The van der Waals surface area contributed by atoms with Crippen molar-refractivity contribution in [3.8, 4) is 5.75 Å². The van der Waals surface area contributed by atoms with Gasteiger partial charge in [-0.1, -0.05) is 12.1 Å². The van der Waals surface area contributed by atoms with Crippen LogP contribution < -0.4 is 10.1 Å². The quantitative estimate of drug-likeness (QED) is 0.844. The smallest absolute Gasteiger partial charge is 0.335 e. The molecule has 26 heavy (non-hydrogen) atoms. The molecule has 2 aromatic rings. The van der Waals surface area contributed by atoms with Crippen LogP contribution in [-0.4, -0.2) is 18.2 Å². The standard InChI is InChI=1S/C22H23NO3/c1-26-16-4-2-3-14(10-16)21-20-13-6-5-12(9-13)19(20)17-11-15(22(24)25)7-8-18(17)23-21/h2-4,7-8,10-13,19-21,23H,5-6,9H2,1H3,(H,24,25)/t12-,13-,19+,20-,21+/m0/s1. The van der Waals surface area contributed by atoms with Gasteiger partial charge in [0.1, 0.15) is 5.75 Å². The van der Waals surface area contributed by atoms with E-state index in [-0.39, 0.29) is 6.04 Å². The predicted molar refractivity (Wildman–Crippen MR) is 99.8 cm³/mol. The Kier molecular flexibility index (Phi) is 3.49. The van der Waals surface area contributed by atoms with Gasteiger partial charge in [-0.3, -0.25) is 0 Å². The van der Waals surface area contributed by atoms with Gasteiger partial charge in [-0.05, 0) is 84.4 Å². The van der Waals surface area contributed by atoms with Crippen LogP contribution in [0, 0.1) is 17.8 Å². The van der Waals surface area contributed by atoms with Crippen molar-refractivity contribution >= 4 is 11.7 Å². The molecule has 3 aliphatic rings. The summed E-state index contributed by atoms with van der Waals surface area (Å²) in [6.07, 6.45) is 3.84. The van der Waals surface area contributed by atoms with Crippen LogP contribution in [0.15, 0.2) is 42.5 Å². The molecule has 4 heteroatoms. The number of carbonyl (C=O) groups is 1. The Morgan fingerprint density at radius 2 is 2.00 bits per heavy atom. The molecule has 0 amide bonds. The van der Waals surface area contributed by atoms with Crippen LogP contribution in [0.4, 0.5) is 5.69 Å². The first kappa shape index (κ1) is 15.7. The molecule has 5 atom stereocenters. The molecule has 2 bridgehead atoms. The average molecular weight is 349 g/mol. The Labute approximate surface area is 153 Å². The van der Waals surface area contributed by atoms with Crippen LogP contribution in [0.5, 0.6) is 5.75 Å². The molecule has 2 N–H and O–H groups in total. The lowest BCUT2D eigenvalue weighted by atomic mass is 9.68. The van der Waals surface area contributed by atoms with Crippen molar-refractivity contribution in [3.63, 3.8) is 0 Å². The molecule has 0 saturated heterocycles. The minimum absolute atomic E-state index is 0.258. The third kappa shape index (κ3) is 2.24. The molecule has 134 valence electrons. The Hall–Kier alpha value is -2.49. The summed E-state index contributed by atoms with van der Waals surface area (Å²) < 4.78 is 5.44. The van der Waals surface area contributed by atoms with Gasteiger partial charge in [0.25, 0.3) is 0 Å². The van der Waals surface area contributed by atoms with Gasteiger partial charge >= 0.3 is 5.97 Å². The van der Waals surface area contributed by atoms with Crippen molar-refractivity contribution in [2.24, 2.45) is 17.8 Å². The maximum absolute atomic E-state index is 11.5. The van der Waals surface area contributed by atoms with E-state index in [1.807, 2.05) is 18.2 Å². The summed E-state index contributed by atoms with van der Waals surface area (Å²) in [6.45, 7) is 0. The van der Waals surface area contributed by atoms with Crippen LogP contribution >= 0.6 is 0 Å². The molecular weight excluding hydrogens is 326 g/mol. The summed E-state index contributed by atoms with van der Waals surface area (Å²) in [4.78, 5) is 11.5. The van der Waals surface area contributed by atoms with Gasteiger partial charge in [0.2, 0.25) is 0 Å². The zero-order chi connectivity index (χ0) is 17.8. The minimum atomic E-state index is -0.845. The van der Waals surface area contributed by atoms with Crippen LogP contribution in [0.3, 0.4) is 0 Å². The van der Waals surface area contributed by atoms with E-state index < -0.39 is 5.97 Å². The first-order valence-electron chi connectivity index (χ1n) is 9.43. The number of anilines is 1. The van der Waals surface area contributed by atoms with Crippen molar-refractivity contribution in [1.29, 1.82) is 0 Å². The minimum Gasteiger partial charge on any atom is -0.497 e. The number of benzene rings is 2. The number of hydrogen-bond donors (Lipinski definition) is 2. The van der Waals surface area contributed by atoms with E-state index in [9.17, 15) is 9.90 Å². The lowest BCUT2D eigenvalue weighted by molar-refractivity contribution is 0.0696. The van der Waals surface area contributed by atoms with Gasteiger partial charge in [0, 0.05) is 5.69 Å². The molecule has 2 aromatic carbocycles. The van der Waals surface area contributed by atoms with Crippen LogP contribution in [0.25, 0.3) is 0 Å². The van der Waals surface area contributed by atoms with Gasteiger partial charge in [-0.15, -0.1) is 0 Å². The molecule has 0 radical (unpaired) electrons. The third-order valence-electron chi connectivity index (χ3n) is 6.79. The van der Waals surface area contributed by atoms with Gasteiger partial charge in [0.05, 0.1) is 18.7 Å². The van der Waals surface area contributed by atoms with Gasteiger partial charge < -0.3 is 15.2 Å². The van der Waals surface area contributed by atoms with E-state index >= 15 is 0 Å². The van der Waals surface area contributed by atoms with Gasteiger partial charge in [0.15, 0.2) is 0 Å². The summed E-state index contributed by atoms with van der Waals surface area (Å²) in [7, 11) is 1.70. The number of nitrogens with one attached hydrogen (secondary N) is 1. The van der Waals surface area contributed by atoms with Crippen LogP contribution in [0.2, 0.25) is 0 Å². The van der Waals surface area contributed by atoms with E-state index in [4.69, 9.17) is 4.74 Å². The van der Waals surface area contributed by atoms with Crippen molar-refractivity contribution in [1.82, 2.24) is 0 Å². The largest absolute Gasteiger partial charge is 0.497 e. The number of carboxylic acid groups (broad SMARTS) is 1. The van der Waals surface area contributed by atoms with Gasteiger partial charge in [-0.25, -0.2) is 4.79 Å². The SMILES string of the molecule is COc1cccc([C@H]2Nc3ccc(C(=O)O)cc3[C@H]3[C@H]4CC[C@@H](C4)[C@@H]32)c1. The molecule has 0 unspecified atom stereocenters. The number of aromatic carboxylic acids is 1. The lowest BCUT2D eigenvalue weighted by Gasteiger charge is -2.43. The van der Waals surface area contributed by atoms with E-state index in [1.165, 1.54) is 30.4 Å². The second-order valence-electron chi connectivity index (χ2n) is 7.94. The van der Waals surface area contributed by atoms with Crippen molar-refractivity contribution < 1.29 is 14.6 Å². The predicted octanol–water partition coefficient (Wildman–Crippen LogP) is 4.69. The summed E-state index contributed by atoms with van der Waals surface area (Å²) in [5.41, 5.74) is 3.96. The fourth-order valence-corrected chi connectivity index (χ4v) is 5.78. The highest BCUT2D eigenvalue weighted by atomic mass is 16.5. The summed E-state index contributed by atoms with van der Waals surface area (Å²) in [5.74, 6) is 2.43. The molecule has 2 saturated carbocycles. The van der Waals surface area contributed by atoms with E-state index in [0.717, 1.165) is 17.4 Å². The molecule has 1 heterocycles. The highest BCUT2D eigenvalue weighted by molar-refractivity contribution is 5.88. The topological polar surface area (TPSA) is 58.6 Å². The van der Waals surface area contributed by atoms with Crippen molar-refractivity contribution in [3.05, 3.63) is 59.2 Å². The summed E-state index contributed by atoms with van der Waals surface area (Å²) in [6, 6.07) is 14.2. The molecule has 5 rings (SSSR count). The lowest BCUT2D eigenvalue weighted by Crippen LogP contribution is -2.35. The molecule has 0 aromatic heterocycles. The fraction of sp³-hybridized carbons (Fsp3) is 0.409. The Bertz CT molecular complexity index is 877. The molecule has 0 spiro atoms. The monoisotopic (exact) mass is 349 g/mol. The average Bonchev–Trinajstić information content (AvgIpc) is 3.29. The maximum atomic E-state index is 11.5. The number of hydrogen-bond acceptors (Lipinski definition) is 3. The van der Waals surface area contributed by atoms with Crippen molar-refractivity contribution in [2.45, 2.75) is 31.2 Å². The molecule has 2 aliphatic carbocycles. The molecule has 4 nitrogen and oxygen atoms in total. The molecule has 1 aliphatic heterocycles. The van der Waals surface area contributed by atoms with Crippen LogP contribution in [-0.2, 0) is 0 Å². The third-order valence-corrected chi connectivity index (χ3v) is 6.79. The summed E-state index contributed by atoms with van der Waals surface area (Å²) >= 11 is 0. The fourth-order valence-electron chi connectivity index (χ4n) is 5.78. The Morgan fingerprint density at radius 3 is 2.81 bits per heavy atom. The van der Waals surface area contributed by atoms with Crippen molar-refractivity contribution in [2.75, 3.05) is 12.4 Å². The van der Waals surface area contributed by atoms with E-state index in [2.05, 4.69) is 23.5 Å². The van der Waals surface area contributed by atoms with Gasteiger partial charge in [-0.2, -0.15) is 0 Å². The van der Waals surface area contributed by atoms with E-state index in [1.54, 1.807) is 13.2 Å². The van der Waals surface area contributed by atoms with E-state index in [0.29, 0.717) is 23.3 Å². The first-order valence-corrected chi connectivity index (χ1v) is 9.43. The zero-order valence-corrected chi connectivity index (χ0v) is 14.8. The number of carboxylic acids is 1. The zero-order valence-electron chi connectivity index (χ0n) is 14.8. The Balaban J connectivity index is 1.62. The second-order valence-corrected chi connectivity index (χ2v) is 7.94. The second kappa shape index (κ2) is 5.76. The Morgan fingerprint density at radius 1 is 1.15 bits per heavy atom. The normalized spacial score (nSPS) is 31.0. The molecule has 2 fully saturated rings. The number of ether oxygens (including phenoxy) is 1. The van der Waals surface area contributed by atoms with Crippen LogP contribution in [0.1, 0.15) is 52.7 Å². The first-order chi connectivity index (χ1) is 12.7. The highest BCUT2D eigenvalue weighted by Gasteiger charge is 2.53. The molecular formula is C22H23NO3. The number of methoxy groups -OCH3 is 1. The number of fused-ring (bicyclic) bond motifs is 7. The number of rotatable bonds is 3.